The largest absolute Gasteiger partial charge is 0.465 e. The van der Waals surface area contributed by atoms with Crippen LogP contribution in [-0.4, -0.2) is 24.2 Å². The van der Waals surface area contributed by atoms with Gasteiger partial charge < -0.3 is 4.74 Å². The zero-order valence-electron chi connectivity index (χ0n) is 8.14. The normalized spacial score (nSPS) is 30.1. The second-order valence-electron chi connectivity index (χ2n) is 4.14. The molecule has 3 nitrogen and oxygen atoms in total. The van der Waals surface area contributed by atoms with E-state index in [0.29, 0.717) is 12.1 Å². The summed E-state index contributed by atoms with van der Waals surface area (Å²) >= 11 is 0. The fourth-order valence-electron chi connectivity index (χ4n) is 2.52. The molecule has 13 heavy (non-hydrogen) atoms. The van der Waals surface area contributed by atoms with Crippen molar-refractivity contribution in [3.63, 3.8) is 0 Å². The molecule has 74 valence electrons. The number of carbonyl (C=O) groups excluding carboxylic acids is 1. The lowest BCUT2D eigenvalue weighted by Gasteiger charge is -2.45. The Balaban J connectivity index is 1.80. The Hall–Kier alpha value is -0.570. The first-order valence-electron chi connectivity index (χ1n) is 5.20. The summed E-state index contributed by atoms with van der Waals surface area (Å²) < 4.78 is 4.95. The van der Waals surface area contributed by atoms with Gasteiger partial charge in [-0.05, 0) is 26.2 Å². The third kappa shape index (κ3) is 1.57. The van der Waals surface area contributed by atoms with Gasteiger partial charge in [-0.3, -0.25) is 10.1 Å². The summed E-state index contributed by atoms with van der Waals surface area (Å²) in [5.41, 5.74) is 0.317. The van der Waals surface area contributed by atoms with Gasteiger partial charge in [0.1, 0.15) is 6.04 Å². The van der Waals surface area contributed by atoms with Crippen molar-refractivity contribution >= 4 is 5.97 Å². The van der Waals surface area contributed by atoms with Gasteiger partial charge in [-0.1, -0.05) is 12.8 Å². The molecule has 1 unspecified atom stereocenters. The van der Waals surface area contributed by atoms with Gasteiger partial charge in [0.05, 0.1) is 6.61 Å². The monoisotopic (exact) mass is 183 g/mol. The van der Waals surface area contributed by atoms with Crippen LogP contribution in [0.15, 0.2) is 0 Å². The van der Waals surface area contributed by atoms with Crippen LogP contribution in [0, 0.1) is 0 Å². The molecule has 1 saturated heterocycles. The van der Waals surface area contributed by atoms with E-state index in [1.165, 1.54) is 25.7 Å². The van der Waals surface area contributed by atoms with E-state index in [1.54, 1.807) is 0 Å². The summed E-state index contributed by atoms with van der Waals surface area (Å²) in [6.07, 6.45) is 6.09. The van der Waals surface area contributed by atoms with Crippen LogP contribution in [0.5, 0.6) is 0 Å². The molecular weight excluding hydrogens is 166 g/mol. The van der Waals surface area contributed by atoms with Gasteiger partial charge in [0.25, 0.3) is 0 Å². The highest BCUT2D eigenvalue weighted by molar-refractivity contribution is 5.77. The smallest absolute Gasteiger partial charge is 0.323 e. The predicted molar refractivity (Wildman–Crippen MR) is 49.4 cm³/mol. The van der Waals surface area contributed by atoms with E-state index in [-0.39, 0.29) is 12.0 Å². The molecule has 1 aliphatic carbocycles. The summed E-state index contributed by atoms with van der Waals surface area (Å²) in [6, 6.07) is -0.0157. The molecule has 2 rings (SSSR count). The highest BCUT2D eigenvalue weighted by Gasteiger charge is 2.48. The average molecular weight is 183 g/mol. The molecule has 0 aromatic carbocycles. The number of hydrogen-bond acceptors (Lipinski definition) is 3. The second-order valence-corrected chi connectivity index (χ2v) is 4.14. The number of carbonyl (C=O) groups is 1. The van der Waals surface area contributed by atoms with E-state index in [1.807, 2.05) is 6.92 Å². The van der Waals surface area contributed by atoms with E-state index in [2.05, 4.69) is 5.32 Å². The third-order valence-corrected chi connectivity index (χ3v) is 3.21. The standard InChI is InChI=1S/C10H17NO2/c1-2-13-9(12)8-7-10(11-8)5-3-4-6-10/h8,11H,2-7H2,1H3. The van der Waals surface area contributed by atoms with Gasteiger partial charge >= 0.3 is 5.97 Å². The molecule has 3 heteroatoms. The summed E-state index contributed by atoms with van der Waals surface area (Å²) in [4.78, 5) is 11.3. The minimum Gasteiger partial charge on any atom is -0.465 e. The van der Waals surface area contributed by atoms with Crippen molar-refractivity contribution in [1.29, 1.82) is 0 Å². The molecule has 1 saturated carbocycles. The predicted octanol–water partition coefficient (Wildman–Crippen LogP) is 1.22. The van der Waals surface area contributed by atoms with E-state index in [9.17, 15) is 4.79 Å². The molecule has 1 spiro atoms. The van der Waals surface area contributed by atoms with Gasteiger partial charge in [-0.15, -0.1) is 0 Å². The topological polar surface area (TPSA) is 38.3 Å². The number of hydrogen-bond donors (Lipinski definition) is 1. The van der Waals surface area contributed by atoms with Crippen LogP contribution in [-0.2, 0) is 9.53 Å². The summed E-state index contributed by atoms with van der Waals surface area (Å²) in [6.45, 7) is 2.34. The molecule has 0 radical (unpaired) electrons. The molecule has 0 bridgehead atoms. The van der Waals surface area contributed by atoms with Gasteiger partial charge in [0, 0.05) is 5.54 Å². The van der Waals surface area contributed by atoms with E-state index in [4.69, 9.17) is 4.74 Å². The van der Waals surface area contributed by atoms with Gasteiger partial charge in [0.15, 0.2) is 0 Å². The highest BCUT2D eigenvalue weighted by atomic mass is 16.5. The minimum absolute atomic E-state index is 0.0157. The highest BCUT2D eigenvalue weighted by Crippen LogP contribution is 2.40. The molecule has 1 atom stereocenters. The maximum Gasteiger partial charge on any atom is 0.323 e. The van der Waals surface area contributed by atoms with Crippen molar-refractivity contribution in [2.75, 3.05) is 6.61 Å². The summed E-state index contributed by atoms with van der Waals surface area (Å²) in [5, 5.41) is 3.37. The van der Waals surface area contributed by atoms with Crippen LogP contribution in [0.3, 0.4) is 0 Å². The quantitative estimate of drug-likeness (QED) is 0.654. The molecule has 1 heterocycles. The number of ether oxygens (including phenoxy) is 1. The Morgan fingerprint density at radius 3 is 2.69 bits per heavy atom. The maximum atomic E-state index is 11.3. The molecular formula is C10H17NO2. The van der Waals surface area contributed by atoms with E-state index < -0.39 is 0 Å². The Morgan fingerprint density at radius 1 is 1.54 bits per heavy atom. The Bertz CT molecular complexity index is 201. The molecule has 0 amide bonds. The van der Waals surface area contributed by atoms with Crippen LogP contribution in [0.1, 0.15) is 39.0 Å². The van der Waals surface area contributed by atoms with Crippen LogP contribution in [0.2, 0.25) is 0 Å². The molecule has 0 aromatic heterocycles. The molecule has 2 fully saturated rings. The number of rotatable bonds is 2. The molecule has 2 aliphatic rings. The van der Waals surface area contributed by atoms with Crippen molar-refractivity contribution in [3.05, 3.63) is 0 Å². The number of esters is 1. The zero-order chi connectivity index (χ0) is 9.31. The van der Waals surface area contributed by atoms with Gasteiger partial charge in [-0.2, -0.15) is 0 Å². The lowest BCUT2D eigenvalue weighted by molar-refractivity contribution is -0.150. The number of nitrogens with one attached hydrogen (secondary N) is 1. The summed E-state index contributed by atoms with van der Waals surface area (Å²) in [7, 11) is 0. The average Bonchev–Trinajstić information content (AvgIpc) is 2.49. The fraction of sp³-hybridized carbons (Fsp3) is 0.900. The lowest BCUT2D eigenvalue weighted by atomic mass is 9.80. The first-order chi connectivity index (χ1) is 6.26. The van der Waals surface area contributed by atoms with Crippen LogP contribution < -0.4 is 5.32 Å². The summed E-state index contributed by atoms with van der Waals surface area (Å²) in [5.74, 6) is -0.0694. The van der Waals surface area contributed by atoms with Gasteiger partial charge in [-0.25, -0.2) is 0 Å². The molecule has 1 N–H and O–H groups in total. The van der Waals surface area contributed by atoms with Crippen molar-refractivity contribution in [3.8, 4) is 0 Å². The van der Waals surface area contributed by atoms with Crippen LogP contribution >= 0.6 is 0 Å². The SMILES string of the molecule is CCOC(=O)C1CC2(CCCC2)N1. The van der Waals surface area contributed by atoms with E-state index in [0.717, 1.165) is 6.42 Å². The Morgan fingerprint density at radius 2 is 2.15 bits per heavy atom. The van der Waals surface area contributed by atoms with Gasteiger partial charge in [0.2, 0.25) is 0 Å². The zero-order valence-corrected chi connectivity index (χ0v) is 8.14. The second kappa shape index (κ2) is 3.29. The van der Waals surface area contributed by atoms with Crippen molar-refractivity contribution in [2.45, 2.75) is 50.6 Å². The fourth-order valence-corrected chi connectivity index (χ4v) is 2.52. The lowest BCUT2D eigenvalue weighted by Crippen LogP contribution is -2.65. The van der Waals surface area contributed by atoms with Crippen LogP contribution in [0.4, 0.5) is 0 Å². The minimum atomic E-state index is -0.0694. The van der Waals surface area contributed by atoms with E-state index >= 15 is 0 Å². The van der Waals surface area contributed by atoms with Crippen molar-refractivity contribution < 1.29 is 9.53 Å². The Labute approximate surface area is 78.8 Å². The van der Waals surface area contributed by atoms with Crippen LogP contribution in [0.25, 0.3) is 0 Å². The van der Waals surface area contributed by atoms with Crippen molar-refractivity contribution in [2.24, 2.45) is 0 Å². The molecule has 1 aliphatic heterocycles. The first kappa shape index (κ1) is 9.00. The first-order valence-corrected chi connectivity index (χ1v) is 5.20. The molecule has 0 aromatic rings. The van der Waals surface area contributed by atoms with Crippen molar-refractivity contribution in [1.82, 2.24) is 5.32 Å². The third-order valence-electron chi connectivity index (χ3n) is 3.21. The maximum absolute atomic E-state index is 11.3. The Kier molecular flexibility index (Phi) is 2.28.